The molecule has 0 bridgehead atoms. The quantitative estimate of drug-likeness (QED) is 0.909. The van der Waals surface area contributed by atoms with Gasteiger partial charge in [0.15, 0.2) is 11.6 Å². The van der Waals surface area contributed by atoms with Crippen LogP contribution in [0.2, 0.25) is 0 Å². The molecule has 2 aromatic carbocycles. The molecular formula is C19H19FN2O3. The molecule has 2 amide bonds. The molecule has 1 aliphatic rings. The number of nitrogens with zero attached hydrogens (tertiary/aromatic N) is 1. The van der Waals surface area contributed by atoms with E-state index >= 15 is 0 Å². The molecule has 6 heteroatoms. The lowest BCUT2D eigenvalue weighted by Gasteiger charge is -2.16. The lowest BCUT2D eigenvalue weighted by atomic mass is 10.1. The Labute approximate surface area is 145 Å². The number of benzene rings is 2. The second-order valence-electron chi connectivity index (χ2n) is 5.85. The summed E-state index contributed by atoms with van der Waals surface area (Å²) in [5, 5.41) is 2.76. The van der Waals surface area contributed by atoms with Crippen molar-refractivity contribution in [1.29, 1.82) is 0 Å². The fraction of sp³-hybridized carbons (Fsp3) is 0.263. The third-order valence-corrected chi connectivity index (χ3v) is 4.16. The van der Waals surface area contributed by atoms with Crippen LogP contribution in [0.5, 0.6) is 5.75 Å². The van der Waals surface area contributed by atoms with Crippen LogP contribution in [-0.2, 0) is 11.3 Å². The molecule has 25 heavy (non-hydrogen) atoms. The maximum atomic E-state index is 13.7. The van der Waals surface area contributed by atoms with Crippen LogP contribution in [0.25, 0.3) is 0 Å². The molecule has 1 heterocycles. The van der Waals surface area contributed by atoms with Gasteiger partial charge in [-0.1, -0.05) is 12.1 Å². The Balaban J connectivity index is 1.66. The number of hydrogen-bond donors (Lipinski definition) is 1. The third kappa shape index (κ3) is 3.79. The number of nitrogens with one attached hydrogen (secondary N) is 1. The van der Waals surface area contributed by atoms with Gasteiger partial charge in [-0.3, -0.25) is 9.59 Å². The zero-order valence-electron chi connectivity index (χ0n) is 13.9. The van der Waals surface area contributed by atoms with Gasteiger partial charge in [0, 0.05) is 30.8 Å². The van der Waals surface area contributed by atoms with Crippen molar-refractivity contribution in [1.82, 2.24) is 5.32 Å². The zero-order valence-corrected chi connectivity index (χ0v) is 13.9. The van der Waals surface area contributed by atoms with E-state index in [2.05, 4.69) is 5.32 Å². The van der Waals surface area contributed by atoms with Gasteiger partial charge in [-0.05, 0) is 42.3 Å². The van der Waals surface area contributed by atoms with Crippen LogP contribution in [0.1, 0.15) is 28.8 Å². The molecule has 0 saturated carbocycles. The number of carbonyl (C=O) groups excluding carboxylic acids is 2. The highest BCUT2D eigenvalue weighted by Crippen LogP contribution is 2.22. The Morgan fingerprint density at radius 1 is 1.28 bits per heavy atom. The largest absolute Gasteiger partial charge is 0.494 e. The first-order valence-electron chi connectivity index (χ1n) is 8.09. The predicted molar refractivity (Wildman–Crippen MR) is 92.2 cm³/mol. The molecule has 130 valence electrons. The molecule has 1 saturated heterocycles. The van der Waals surface area contributed by atoms with E-state index in [1.54, 1.807) is 4.90 Å². The SMILES string of the molecule is COc1ccc(C(=O)NCc2cccc(N3CCCC3=O)c2)cc1F. The van der Waals surface area contributed by atoms with E-state index in [1.807, 2.05) is 24.3 Å². The Morgan fingerprint density at radius 2 is 2.12 bits per heavy atom. The Bertz CT molecular complexity index is 807. The van der Waals surface area contributed by atoms with Gasteiger partial charge in [-0.25, -0.2) is 4.39 Å². The van der Waals surface area contributed by atoms with Crippen LogP contribution in [0.15, 0.2) is 42.5 Å². The molecule has 0 atom stereocenters. The first kappa shape index (κ1) is 17.0. The van der Waals surface area contributed by atoms with Gasteiger partial charge in [0.25, 0.3) is 5.91 Å². The Hall–Kier alpha value is -2.89. The number of amides is 2. The van der Waals surface area contributed by atoms with E-state index in [-0.39, 0.29) is 23.1 Å². The minimum absolute atomic E-state index is 0.0968. The van der Waals surface area contributed by atoms with E-state index in [4.69, 9.17) is 4.74 Å². The van der Waals surface area contributed by atoms with Crippen LogP contribution in [-0.4, -0.2) is 25.5 Å². The van der Waals surface area contributed by atoms with Gasteiger partial charge in [-0.15, -0.1) is 0 Å². The molecule has 0 spiro atoms. The summed E-state index contributed by atoms with van der Waals surface area (Å²) in [7, 11) is 1.37. The highest BCUT2D eigenvalue weighted by atomic mass is 19.1. The molecule has 1 aliphatic heterocycles. The minimum Gasteiger partial charge on any atom is -0.494 e. The Kier molecular flexibility index (Phi) is 4.97. The number of rotatable bonds is 5. The van der Waals surface area contributed by atoms with Crippen LogP contribution in [0.4, 0.5) is 10.1 Å². The number of halogens is 1. The fourth-order valence-corrected chi connectivity index (χ4v) is 2.85. The van der Waals surface area contributed by atoms with Crippen molar-refractivity contribution in [2.75, 3.05) is 18.6 Å². The van der Waals surface area contributed by atoms with E-state index in [9.17, 15) is 14.0 Å². The van der Waals surface area contributed by atoms with Gasteiger partial charge < -0.3 is 15.0 Å². The normalized spacial score (nSPS) is 13.8. The van der Waals surface area contributed by atoms with E-state index < -0.39 is 5.82 Å². The smallest absolute Gasteiger partial charge is 0.251 e. The number of carbonyl (C=O) groups is 2. The lowest BCUT2D eigenvalue weighted by Crippen LogP contribution is -2.25. The molecule has 0 aliphatic carbocycles. The third-order valence-electron chi connectivity index (χ3n) is 4.16. The van der Waals surface area contributed by atoms with Gasteiger partial charge in [-0.2, -0.15) is 0 Å². The molecule has 5 nitrogen and oxygen atoms in total. The molecular weight excluding hydrogens is 323 g/mol. The summed E-state index contributed by atoms with van der Waals surface area (Å²) >= 11 is 0. The summed E-state index contributed by atoms with van der Waals surface area (Å²) in [6.07, 6.45) is 1.44. The molecule has 2 aromatic rings. The Morgan fingerprint density at radius 3 is 2.80 bits per heavy atom. The van der Waals surface area contributed by atoms with Gasteiger partial charge in [0.05, 0.1) is 7.11 Å². The molecule has 0 radical (unpaired) electrons. The van der Waals surface area contributed by atoms with Crippen molar-refractivity contribution in [2.45, 2.75) is 19.4 Å². The van der Waals surface area contributed by atoms with Gasteiger partial charge in [0.2, 0.25) is 5.91 Å². The van der Waals surface area contributed by atoms with Gasteiger partial charge >= 0.3 is 0 Å². The van der Waals surface area contributed by atoms with Crippen LogP contribution < -0.4 is 15.0 Å². The van der Waals surface area contributed by atoms with Crippen LogP contribution in [0, 0.1) is 5.82 Å². The summed E-state index contributed by atoms with van der Waals surface area (Å²) in [6.45, 7) is 1.02. The van der Waals surface area contributed by atoms with Gasteiger partial charge in [0.1, 0.15) is 0 Å². The second-order valence-corrected chi connectivity index (χ2v) is 5.85. The molecule has 1 fully saturated rings. The zero-order chi connectivity index (χ0) is 17.8. The van der Waals surface area contributed by atoms with Crippen LogP contribution >= 0.6 is 0 Å². The van der Waals surface area contributed by atoms with Crippen molar-refractivity contribution in [3.63, 3.8) is 0 Å². The van der Waals surface area contributed by atoms with Crippen LogP contribution in [0.3, 0.4) is 0 Å². The maximum absolute atomic E-state index is 13.7. The van der Waals surface area contributed by atoms with E-state index in [0.717, 1.165) is 30.3 Å². The summed E-state index contributed by atoms with van der Waals surface area (Å²) < 4.78 is 18.5. The van der Waals surface area contributed by atoms with Crippen molar-refractivity contribution >= 4 is 17.5 Å². The highest BCUT2D eigenvalue weighted by molar-refractivity contribution is 5.95. The average molecular weight is 342 g/mol. The predicted octanol–water partition coefficient (Wildman–Crippen LogP) is 2.89. The van der Waals surface area contributed by atoms with E-state index in [0.29, 0.717) is 13.0 Å². The summed E-state index contributed by atoms with van der Waals surface area (Å²) in [5.74, 6) is -0.733. The molecule has 0 unspecified atom stereocenters. The maximum Gasteiger partial charge on any atom is 0.251 e. The number of anilines is 1. The summed E-state index contributed by atoms with van der Waals surface area (Å²) in [5.41, 5.74) is 1.94. The number of hydrogen-bond acceptors (Lipinski definition) is 3. The van der Waals surface area contributed by atoms with Crippen molar-refractivity contribution < 1.29 is 18.7 Å². The number of methoxy groups -OCH3 is 1. The number of ether oxygens (including phenoxy) is 1. The van der Waals surface area contributed by atoms with Crippen molar-refractivity contribution in [3.8, 4) is 5.75 Å². The summed E-state index contributed by atoms with van der Waals surface area (Å²) in [4.78, 5) is 25.8. The minimum atomic E-state index is -0.579. The summed E-state index contributed by atoms with van der Waals surface area (Å²) in [6, 6.07) is 11.6. The van der Waals surface area contributed by atoms with Crippen molar-refractivity contribution in [3.05, 3.63) is 59.4 Å². The first-order valence-corrected chi connectivity index (χ1v) is 8.09. The standard InChI is InChI=1S/C19H19FN2O3/c1-25-17-8-7-14(11-16(17)20)19(24)21-12-13-4-2-5-15(10-13)22-9-3-6-18(22)23/h2,4-5,7-8,10-11H,3,6,9,12H2,1H3,(H,21,24). The fourth-order valence-electron chi connectivity index (χ4n) is 2.85. The first-order chi connectivity index (χ1) is 12.1. The molecule has 3 rings (SSSR count). The lowest BCUT2D eigenvalue weighted by molar-refractivity contribution is -0.117. The molecule has 0 aromatic heterocycles. The second kappa shape index (κ2) is 7.34. The van der Waals surface area contributed by atoms with E-state index in [1.165, 1.54) is 19.2 Å². The highest BCUT2D eigenvalue weighted by Gasteiger charge is 2.21. The average Bonchev–Trinajstić information content (AvgIpc) is 3.06. The monoisotopic (exact) mass is 342 g/mol. The van der Waals surface area contributed by atoms with Crippen molar-refractivity contribution in [2.24, 2.45) is 0 Å². The topological polar surface area (TPSA) is 58.6 Å². The molecule has 1 N–H and O–H groups in total.